The summed E-state index contributed by atoms with van der Waals surface area (Å²) < 4.78 is 0. The zero-order valence-electron chi connectivity index (χ0n) is 11.9. The lowest BCUT2D eigenvalue weighted by Gasteiger charge is -2.43. The normalized spacial score (nSPS) is 40.4. The van der Waals surface area contributed by atoms with E-state index in [9.17, 15) is 0 Å². The molecule has 17 heavy (non-hydrogen) atoms. The molecule has 0 bridgehead atoms. The predicted octanol–water partition coefficient (Wildman–Crippen LogP) is 2.89. The van der Waals surface area contributed by atoms with Gasteiger partial charge in [0.1, 0.15) is 0 Å². The number of rotatable bonds is 3. The Morgan fingerprint density at radius 3 is 2.35 bits per heavy atom. The fourth-order valence-electron chi connectivity index (χ4n) is 3.68. The molecule has 0 aromatic heterocycles. The maximum absolute atomic E-state index is 3.64. The van der Waals surface area contributed by atoms with Crippen LogP contribution in [-0.2, 0) is 0 Å². The van der Waals surface area contributed by atoms with Gasteiger partial charge in [0.05, 0.1) is 0 Å². The maximum atomic E-state index is 3.64. The fraction of sp³-hybridized carbons (Fsp3) is 1.00. The third-order valence-corrected chi connectivity index (χ3v) is 4.90. The Hall–Kier alpha value is -0.0800. The molecule has 0 radical (unpaired) electrons. The van der Waals surface area contributed by atoms with Crippen LogP contribution in [0.25, 0.3) is 0 Å². The van der Waals surface area contributed by atoms with Crippen molar-refractivity contribution in [2.45, 2.75) is 65.0 Å². The molecule has 2 heteroatoms. The lowest BCUT2D eigenvalue weighted by atomic mass is 9.84. The van der Waals surface area contributed by atoms with Crippen molar-refractivity contribution in [2.75, 3.05) is 19.6 Å². The van der Waals surface area contributed by atoms with Gasteiger partial charge in [0.25, 0.3) is 0 Å². The monoisotopic (exact) mass is 238 g/mol. The van der Waals surface area contributed by atoms with Crippen LogP contribution in [0.3, 0.4) is 0 Å². The molecule has 1 saturated carbocycles. The number of nitrogens with one attached hydrogen (secondary N) is 1. The van der Waals surface area contributed by atoms with Gasteiger partial charge in [-0.25, -0.2) is 0 Å². The zero-order chi connectivity index (χ0) is 12.3. The van der Waals surface area contributed by atoms with Gasteiger partial charge in [-0.3, -0.25) is 0 Å². The first kappa shape index (κ1) is 13.4. The molecule has 100 valence electrons. The first-order valence-electron chi connectivity index (χ1n) is 7.68. The predicted molar refractivity (Wildman–Crippen MR) is 74.2 cm³/mol. The molecule has 0 aromatic rings. The Balaban J connectivity index is 1.80. The van der Waals surface area contributed by atoms with E-state index in [4.69, 9.17) is 0 Å². The molecular formula is C15H30N2. The third-order valence-electron chi connectivity index (χ3n) is 4.90. The van der Waals surface area contributed by atoms with Gasteiger partial charge in [-0.05, 0) is 57.0 Å². The van der Waals surface area contributed by atoms with Gasteiger partial charge in [-0.1, -0.05) is 20.8 Å². The van der Waals surface area contributed by atoms with Crippen LogP contribution in [0.1, 0.15) is 52.9 Å². The summed E-state index contributed by atoms with van der Waals surface area (Å²) in [6, 6.07) is 1.66. The molecule has 0 spiro atoms. The molecule has 2 atom stereocenters. The molecule has 1 aliphatic heterocycles. The van der Waals surface area contributed by atoms with Crippen LogP contribution in [0.15, 0.2) is 0 Å². The average molecular weight is 238 g/mol. The number of piperidine rings is 1. The minimum absolute atomic E-state index is 0.763. The largest absolute Gasteiger partial charge is 0.314 e. The van der Waals surface area contributed by atoms with E-state index >= 15 is 0 Å². The fourth-order valence-corrected chi connectivity index (χ4v) is 3.68. The Morgan fingerprint density at radius 2 is 1.76 bits per heavy atom. The summed E-state index contributed by atoms with van der Waals surface area (Å²) in [6.45, 7) is 10.8. The van der Waals surface area contributed by atoms with E-state index in [1.807, 2.05) is 0 Å². The molecule has 2 fully saturated rings. The zero-order valence-corrected chi connectivity index (χ0v) is 11.9. The lowest BCUT2D eigenvalue weighted by molar-refractivity contribution is 0.0763. The minimum Gasteiger partial charge on any atom is -0.314 e. The highest BCUT2D eigenvalue weighted by molar-refractivity contribution is 4.87. The van der Waals surface area contributed by atoms with Crippen LogP contribution >= 0.6 is 0 Å². The second kappa shape index (κ2) is 6.19. The van der Waals surface area contributed by atoms with Crippen molar-refractivity contribution >= 4 is 0 Å². The Labute approximate surface area is 107 Å². The number of nitrogens with zero attached hydrogens (tertiary/aromatic N) is 1. The van der Waals surface area contributed by atoms with Crippen molar-refractivity contribution < 1.29 is 0 Å². The average Bonchev–Trinajstić information content (AvgIpc) is 2.33. The van der Waals surface area contributed by atoms with Crippen molar-refractivity contribution in [3.8, 4) is 0 Å². The van der Waals surface area contributed by atoms with Gasteiger partial charge in [0, 0.05) is 18.6 Å². The quantitative estimate of drug-likeness (QED) is 0.813. The van der Waals surface area contributed by atoms with Crippen LogP contribution in [0.2, 0.25) is 0 Å². The van der Waals surface area contributed by atoms with Crippen LogP contribution < -0.4 is 5.32 Å². The van der Waals surface area contributed by atoms with Crippen molar-refractivity contribution in [3.05, 3.63) is 0 Å². The van der Waals surface area contributed by atoms with Gasteiger partial charge < -0.3 is 10.2 Å². The molecule has 2 aliphatic rings. The minimum atomic E-state index is 0.763. The van der Waals surface area contributed by atoms with Crippen LogP contribution in [0.5, 0.6) is 0 Å². The van der Waals surface area contributed by atoms with Gasteiger partial charge in [-0.15, -0.1) is 0 Å². The summed E-state index contributed by atoms with van der Waals surface area (Å²) in [6.07, 6.45) is 7.14. The molecular weight excluding hydrogens is 208 g/mol. The Bertz CT molecular complexity index is 221. The Morgan fingerprint density at radius 1 is 1.06 bits per heavy atom. The van der Waals surface area contributed by atoms with E-state index in [0.717, 1.165) is 30.5 Å². The van der Waals surface area contributed by atoms with E-state index in [2.05, 4.69) is 31.0 Å². The van der Waals surface area contributed by atoms with E-state index in [1.165, 1.54) is 45.2 Å². The van der Waals surface area contributed by atoms with Crippen LogP contribution in [-0.4, -0.2) is 36.6 Å². The number of likely N-dealkylation sites (tertiary alicyclic amines) is 1. The molecule has 2 unspecified atom stereocenters. The summed E-state index contributed by atoms with van der Waals surface area (Å²) in [5.74, 6) is 1.80. The van der Waals surface area contributed by atoms with Crippen molar-refractivity contribution in [1.82, 2.24) is 10.2 Å². The van der Waals surface area contributed by atoms with Gasteiger partial charge in [0.2, 0.25) is 0 Å². The molecule has 1 saturated heterocycles. The smallest absolute Gasteiger partial charge is 0.0117 e. The first-order chi connectivity index (χ1) is 8.20. The van der Waals surface area contributed by atoms with Gasteiger partial charge >= 0.3 is 0 Å². The molecule has 2 rings (SSSR count). The molecule has 1 heterocycles. The highest BCUT2D eigenvalue weighted by atomic mass is 15.2. The van der Waals surface area contributed by atoms with Crippen LogP contribution in [0.4, 0.5) is 0 Å². The van der Waals surface area contributed by atoms with Gasteiger partial charge in [0.15, 0.2) is 0 Å². The van der Waals surface area contributed by atoms with Gasteiger partial charge in [-0.2, -0.15) is 0 Å². The SMILES string of the molecule is CCNC1CCN(C2CCC(C)CC2)CC1C. The summed E-state index contributed by atoms with van der Waals surface area (Å²) in [5.41, 5.74) is 0. The molecule has 2 nitrogen and oxygen atoms in total. The van der Waals surface area contributed by atoms with Crippen molar-refractivity contribution in [1.29, 1.82) is 0 Å². The topological polar surface area (TPSA) is 15.3 Å². The summed E-state index contributed by atoms with van der Waals surface area (Å²) >= 11 is 0. The summed E-state index contributed by atoms with van der Waals surface area (Å²) in [7, 11) is 0. The van der Waals surface area contributed by atoms with Crippen molar-refractivity contribution in [3.63, 3.8) is 0 Å². The summed E-state index contributed by atoms with van der Waals surface area (Å²) in [5, 5.41) is 3.64. The molecule has 0 amide bonds. The second-order valence-corrected chi connectivity index (χ2v) is 6.34. The second-order valence-electron chi connectivity index (χ2n) is 6.34. The molecule has 1 aliphatic carbocycles. The molecule has 0 aromatic carbocycles. The van der Waals surface area contributed by atoms with E-state index in [-0.39, 0.29) is 0 Å². The van der Waals surface area contributed by atoms with E-state index < -0.39 is 0 Å². The number of hydrogen-bond donors (Lipinski definition) is 1. The van der Waals surface area contributed by atoms with Crippen LogP contribution in [0, 0.1) is 11.8 Å². The highest BCUT2D eigenvalue weighted by Crippen LogP contribution is 2.29. The standard InChI is InChI=1S/C15H30N2/c1-4-16-15-9-10-17(11-13(15)3)14-7-5-12(2)6-8-14/h12-16H,4-11H2,1-3H3. The van der Waals surface area contributed by atoms with E-state index in [0.29, 0.717) is 0 Å². The lowest BCUT2D eigenvalue weighted by Crippen LogP contribution is -2.51. The first-order valence-corrected chi connectivity index (χ1v) is 7.68. The summed E-state index contributed by atoms with van der Waals surface area (Å²) in [4.78, 5) is 2.78. The highest BCUT2D eigenvalue weighted by Gasteiger charge is 2.30. The molecule has 1 N–H and O–H groups in total. The third kappa shape index (κ3) is 3.45. The van der Waals surface area contributed by atoms with E-state index in [1.54, 1.807) is 0 Å². The number of hydrogen-bond acceptors (Lipinski definition) is 2. The Kier molecular flexibility index (Phi) is 4.87. The maximum Gasteiger partial charge on any atom is 0.0117 e. The van der Waals surface area contributed by atoms with Crippen molar-refractivity contribution in [2.24, 2.45) is 11.8 Å².